The summed E-state index contributed by atoms with van der Waals surface area (Å²) in [5.41, 5.74) is 1.29. The van der Waals surface area contributed by atoms with E-state index in [0.717, 1.165) is 5.56 Å². The fraction of sp³-hybridized carbons (Fsp3) is 0.385. The molecule has 0 aliphatic carbocycles. The van der Waals surface area contributed by atoms with Crippen molar-refractivity contribution in [2.24, 2.45) is 0 Å². The molecular formula is C13H16N2O4S. The Kier molecular flexibility index (Phi) is 6.15. The molecule has 0 bridgehead atoms. The van der Waals surface area contributed by atoms with Gasteiger partial charge in [0, 0.05) is 13.0 Å². The number of ether oxygens (including phenoxy) is 1. The van der Waals surface area contributed by atoms with E-state index in [1.54, 1.807) is 24.3 Å². The van der Waals surface area contributed by atoms with Crippen LogP contribution in [-0.4, -0.2) is 27.2 Å². The maximum atomic E-state index is 11.7. The summed E-state index contributed by atoms with van der Waals surface area (Å²) in [6.07, 6.45) is 0.295. The number of esters is 1. The van der Waals surface area contributed by atoms with Crippen LogP contribution >= 0.6 is 0 Å². The molecule has 20 heavy (non-hydrogen) atoms. The quantitative estimate of drug-likeness (QED) is 0.755. The van der Waals surface area contributed by atoms with Crippen LogP contribution in [0.15, 0.2) is 24.3 Å². The molecule has 1 aromatic rings. The van der Waals surface area contributed by atoms with Gasteiger partial charge < -0.3 is 4.74 Å². The molecule has 7 heteroatoms. The third kappa shape index (κ3) is 5.82. The van der Waals surface area contributed by atoms with Gasteiger partial charge in [-0.25, -0.2) is 13.1 Å². The van der Waals surface area contributed by atoms with Crippen molar-refractivity contribution in [1.29, 1.82) is 5.26 Å². The van der Waals surface area contributed by atoms with Crippen molar-refractivity contribution in [2.45, 2.75) is 19.4 Å². The molecule has 0 fully saturated rings. The molecule has 1 rings (SSSR count). The normalized spacial score (nSPS) is 10.8. The molecule has 6 nitrogen and oxygen atoms in total. The van der Waals surface area contributed by atoms with Gasteiger partial charge in [0.1, 0.15) is 0 Å². The van der Waals surface area contributed by atoms with Gasteiger partial charge in [0.05, 0.1) is 24.5 Å². The summed E-state index contributed by atoms with van der Waals surface area (Å²) in [7, 11) is -2.16. The van der Waals surface area contributed by atoms with Gasteiger partial charge in [0.2, 0.25) is 10.0 Å². The standard InChI is InChI=1S/C13H16N2O4S/c1-19-13(16)3-2-8-20(17,18)15-10-12-6-4-11(9-14)5-7-12/h4-7,15H,2-3,8,10H2,1H3. The van der Waals surface area contributed by atoms with E-state index in [-0.39, 0.29) is 25.1 Å². The predicted molar refractivity (Wildman–Crippen MR) is 73.0 cm³/mol. The monoisotopic (exact) mass is 296 g/mol. The SMILES string of the molecule is COC(=O)CCCS(=O)(=O)NCc1ccc(C#N)cc1. The molecular weight excluding hydrogens is 280 g/mol. The molecule has 0 saturated carbocycles. The number of carbonyl (C=O) groups is 1. The van der Waals surface area contributed by atoms with Crippen LogP contribution in [0, 0.1) is 11.3 Å². The molecule has 108 valence electrons. The average Bonchev–Trinajstić information content (AvgIpc) is 2.45. The summed E-state index contributed by atoms with van der Waals surface area (Å²) >= 11 is 0. The third-order valence-corrected chi connectivity index (χ3v) is 4.01. The molecule has 1 N–H and O–H groups in total. The molecule has 0 aliphatic heterocycles. The number of benzene rings is 1. The second kappa shape index (κ2) is 7.62. The van der Waals surface area contributed by atoms with Gasteiger partial charge in [-0.3, -0.25) is 4.79 Å². The fourth-order valence-corrected chi connectivity index (χ4v) is 2.53. The number of sulfonamides is 1. The number of carbonyl (C=O) groups excluding carboxylic acids is 1. The van der Waals surface area contributed by atoms with E-state index in [0.29, 0.717) is 5.56 Å². The van der Waals surface area contributed by atoms with Crippen molar-refractivity contribution >= 4 is 16.0 Å². The molecule has 0 aromatic heterocycles. The Balaban J connectivity index is 2.42. The highest BCUT2D eigenvalue weighted by atomic mass is 32.2. The zero-order valence-electron chi connectivity index (χ0n) is 11.1. The predicted octanol–water partition coefficient (Wildman–Crippen LogP) is 0.931. The minimum atomic E-state index is -3.42. The number of nitriles is 1. The minimum absolute atomic E-state index is 0.0777. The molecule has 0 atom stereocenters. The summed E-state index contributed by atoms with van der Waals surface area (Å²) in [4.78, 5) is 10.9. The Morgan fingerprint density at radius 2 is 2.00 bits per heavy atom. The second-order valence-corrected chi connectivity index (χ2v) is 6.05. The lowest BCUT2D eigenvalue weighted by Gasteiger charge is -2.06. The van der Waals surface area contributed by atoms with E-state index < -0.39 is 16.0 Å². The molecule has 0 aliphatic rings. The number of hydrogen-bond acceptors (Lipinski definition) is 5. The van der Waals surface area contributed by atoms with Gasteiger partial charge in [-0.15, -0.1) is 0 Å². The maximum absolute atomic E-state index is 11.7. The van der Waals surface area contributed by atoms with Crippen LogP contribution in [0.2, 0.25) is 0 Å². The molecule has 1 aromatic carbocycles. The second-order valence-electron chi connectivity index (χ2n) is 4.13. The first-order chi connectivity index (χ1) is 9.46. The lowest BCUT2D eigenvalue weighted by Crippen LogP contribution is -2.26. The van der Waals surface area contributed by atoms with Crippen molar-refractivity contribution in [1.82, 2.24) is 4.72 Å². The first-order valence-electron chi connectivity index (χ1n) is 6.00. The van der Waals surface area contributed by atoms with Crippen LogP contribution in [0.4, 0.5) is 0 Å². The molecule has 0 unspecified atom stereocenters. The first-order valence-corrected chi connectivity index (χ1v) is 7.65. The highest BCUT2D eigenvalue weighted by Crippen LogP contribution is 2.04. The van der Waals surface area contributed by atoms with Gasteiger partial charge in [-0.2, -0.15) is 5.26 Å². The smallest absolute Gasteiger partial charge is 0.305 e. The van der Waals surface area contributed by atoms with Gasteiger partial charge in [0.25, 0.3) is 0 Å². The van der Waals surface area contributed by atoms with Crippen LogP contribution < -0.4 is 4.72 Å². The van der Waals surface area contributed by atoms with Gasteiger partial charge in [0.15, 0.2) is 0 Å². The van der Waals surface area contributed by atoms with Crippen LogP contribution in [0.25, 0.3) is 0 Å². The molecule has 0 heterocycles. The highest BCUT2D eigenvalue weighted by molar-refractivity contribution is 7.89. The van der Waals surface area contributed by atoms with Crippen molar-refractivity contribution in [3.05, 3.63) is 35.4 Å². The zero-order valence-corrected chi connectivity index (χ0v) is 11.9. The van der Waals surface area contributed by atoms with Crippen molar-refractivity contribution < 1.29 is 17.9 Å². The van der Waals surface area contributed by atoms with E-state index in [9.17, 15) is 13.2 Å². The highest BCUT2D eigenvalue weighted by Gasteiger charge is 2.11. The van der Waals surface area contributed by atoms with E-state index in [1.165, 1.54) is 7.11 Å². The van der Waals surface area contributed by atoms with E-state index in [4.69, 9.17) is 5.26 Å². The lowest BCUT2D eigenvalue weighted by atomic mass is 10.1. The summed E-state index contributed by atoms with van der Waals surface area (Å²) < 4.78 is 30.2. The van der Waals surface area contributed by atoms with E-state index >= 15 is 0 Å². The van der Waals surface area contributed by atoms with E-state index in [1.807, 2.05) is 6.07 Å². The Morgan fingerprint density at radius 1 is 1.35 bits per heavy atom. The van der Waals surface area contributed by atoms with Crippen molar-refractivity contribution in [2.75, 3.05) is 12.9 Å². The van der Waals surface area contributed by atoms with Crippen LogP contribution in [0.5, 0.6) is 0 Å². The Labute approximate surface area is 118 Å². The van der Waals surface area contributed by atoms with Crippen LogP contribution in [0.3, 0.4) is 0 Å². The van der Waals surface area contributed by atoms with Crippen molar-refractivity contribution in [3.63, 3.8) is 0 Å². The molecule has 0 amide bonds. The zero-order chi connectivity index (χ0) is 15.0. The average molecular weight is 296 g/mol. The van der Waals surface area contributed by atoms with E-state index in [2.05, 4.69) is 9.46 Å². The fourth-order valence-electron chi connectivity index (χ4n) is 1.47. The van der Waals surface area contributed by atoms with Crippen LogP contribution in [-0.2, 0) is 26.1 Å². The molecule has 0 radical (unpaired) electrons. The summed E-state index contributed by atoms with van der Waals surface area (Å²) in [5.74, 6) is -0.550. The number of methoxy groups -OCH3 is 1. The van der Waals surface area contributed by atoms with Gasteiger partial charge >= 0.3 is 5.97 Å². The largest absolute Gasteiger partial charge is 0.469 e. The number of nitrogens with one attached hydrogen (secondary N) is 1. The number of hydrogen-bond donors (Lipinski definition) is 1. The molecule has 0 saturated heterocycles. The van der Waals surface area contributed by atoms with Gasteiger partial charge in [-0.05, 0) is 24.1 Å². The van der Waals surface area contributed by atoms with Gasteiger partial charge in [-0.1, -0.05) is 12.1 Å². The number of nitrogens with zero attached hydrogens (tertiary/aromatic N) is 1. The summed E-state index contributed by atoms with van der Waals surface area (Å²) in [6.45, 7) is 0.159. The Hall–Kier alpha value is -1.91. The minimum Gasteiger partial charge on any atom is -0.469 e. The summed E-state index contributed by atoms with van der Waals surface area (Å²) in [5, 5.41) is 8.65. The molecule has 0 spiro atoms. The maximum Gasteiger partial charge on any atom is 0.305 e. The topological polar surface area (TPSA) is 96.3 Å². The number of rotatable bonds is 7. The summed E-state index contributed by atoms with van der Waals surface area (Å²) in [6, 6.07) is 8.62. The van der Waals surface area contributed by atoms with Crippen LogP contribution in [0.1, 0.15) is 24.0 Å². The lowest BCUT2D eigenvalue weighted by molar-refractivity contribution is -0.140. The first kappa shape index (κ1) is 16.1. The van der Waals surface area contributed by atoms with Crippen molar-refractivity contribution in [3.8, 4) is 6.07 Å². The third-order valence-electron chi connectivity index (χ3n) is 2.60. The Morgan fingerprint density at radius 3 is 2.55 bits per heavy atom. The Bertz CT molecular complexity index is 588.